The average molecular weight is 365 g/mol. The molecule has 2 amide bonds. The fraction of sp³-hybridized carbons (Fsp3) is 0.571. The van der Waals surface area contributed by atoms with Crippen molar-refractivity contribution >= 4 is 45.9 Å². The van der Waals surface area contributed by atoms with E-state index in [1.165, 1.54) is 0 Å². The molecule has 1 aliphatic heterocycles. The van der Waals surface area contributed by atoms with E-state index in [-0.39, 0.29) is 19.3 Å². The average Bonchev–Trinajstić information content (AvgIpc) is 2.56. The Kier molecular flexibility index (Phi) is 7.25. The first-order chi connectivity index (χ1) is 9.35. The summed E-state index contributed by atoms with van der Waals surface area (Å²) in [5.41, 5.74) is 0. The SMILES string of the molecule is CCC(=O)ON1C(=O)CCC1=O.O=S(=O)(O)SS(=O)(=O)O. The van der Waals surface area contributed by atoms with E-state index in [0.29, 0.717) is 5.06 Å². The monoisotopic (exact) mass is 365 g/mol. The van der Waals surface area contributed by atoms with Gasteiger partial charge in [-0.15, -0.1) is 5.06 Å². The van der Waals surface area contributed by atoms with Gasteiger partial charge in [-0.25, -0.2) is 4.79 Å². The predicted octanol–water partition coefficient (Wildman–Crippen LogP) is -0.671. The van der Waals surface area contributed by atoms with Gasteiger partial charge in [0.15, 0.2) is 9.83 Å². The molecule has 0 bridgehead atoms. The first-order valence-electron chi connectivity index (χ1n) is 5.08. The lowest BCUT2D eigenvalue weighted by Gasteiger charge is -2.10. The summed E-state index contributed by atoms with van der Waals surface area (Å²) in [5.74, 6) is -1.46. The van der Waals surface area contributed by atoms with Gasteiger partial charge in [0.2, 0.25) is 0 Å². The lowest BCUT2D eigenvalue weighted by molar-refractivity contribution is -0.197. The molecule has 2 N–H and O–H groups in total. The lowest BCUT2D eigenvalue weighted by Crippen LogP contribution is -2.31. The fourth-order valence-corrected chi connectivity index (χ4v) is 3.76. The molecule has 1 heterocycles. The van der Waals surface area contributed by atoms with Crippen LogP contribution in [0, 0.1) is 0 Å². The molecule has 1 aliphatic rings. The largest absolute Gasteiger partial charge is 0.336 e. The number of hydrogen-bond acceptors (Lipinski definition) is 9. The Balaban J connectivity index is 0.000000400. The van der Waals surface area contributed by atoms with Gasteiger partial charge in [0.05, 0.1) is 0 Å². The lowest BCUT2D eigenvalue weighted by atomic mass is 10.4. The van der Waals surface area contributed by atoms with Crippen LogP contribution in [0.15, 0.2) is 0 Å². The molecule has 1 fully saturated rings. The van der Waals surface area contributed by atoms with E-state index < -0.39 is 45.9 Å². The molecule has 1 saturated heterocycles. The van der Waals surface area contributed by atoms with E-state index in [1.807, 2.05) is 0 Å². The van der Waals surface area contributed by atoms with E-state index in [2.05, 4.69) is 4.84 Å². The normalized spacial score (nSPS) is 15.5. The van der Waals surface area contributed by atoms with Crippen molar-refractivity contribution in [1.29, 1.82) is 0 Å². The van der Waals surface area contributed by atoms with Crippen molar-refractivity contribution in [1.82, 2.24) is 5.06 Å². The summed E-state index contributed by atoms with van der Waals surface area (Å²) in [6.07, 6.45) is 0.419. The molecule has 0 atom stereocenters. The van der Waals surface area contributed by atoms with Gasteiger partial charge in [-0.05, 0) is 0 Å². The Morgan fingerprint density at radius 1 is 1.14 bits per heavy atom. The maximum Gasteiger partial charge on any atom is 0.336 e. The highest BCUT2D eigenvalue weighted by Gasteiger charge is 2.32. The van der Waals surface area contributed by atoms with Gasteiger partial charge in [-0.2, -0.15) is 16.8 Å². The number of carbonyl (C=O) groups is 3. The molecule has 1 rings (SSSR count). The summed E-state index contributed by atoms with van der Waals surface area (Å²) in [6.45, 7) is 1.59. The number of hydroxylamine groups is 2. The Labute approximate surface area is 122 Å². The first kappa shape index (κ1) is 19.8. The minimum Gasteiger partial charge on any atom is -0.330 e. The minimum absolute atomic E-state index is 0.135. The van der Waals surface area contributed by atoms with Gasteiger partial charge in [-0.3, -0.25) is 18.7 Å². The van der Waals surface area contributed by atoms with Gasteiger partial charge >= 0.3 is 24.3 Å². The molecular weight excluding hydrogens is 354 g/mol. The molecule has 11 nitrogen and oxygen atoms in total. The van der Waals surface area contributed by atoms with Crippen molar-refractivity contribution in [2.24, 2.45) is 0 Å². The second-order valence-electron chi connectivity index (χ2n) is 3.32. The van der Waals surface area contributed by atoms with Gasteiger partial charge in [0, 0.05) is 19.3 Å². The second kappa shape index (κ2) is 7.69. The summed E-state index contributed by atoms with van der Waals surface area (Å²) in [6, 6.07) is 0. The summed E-state index contributed by atoms with van der Waals surface area (Å²) >= 11 is 0. The molecule has 0 aromatic rings. The van der Waals surface area contributed by atoms with E-state index in [9.17, 15) is 31.2 Å². The van der Waals surface area contributed by atoms with Crippen molar-refractivity contribution in [3.8, 4) is 0 Å². The molecule has 0 radical (unpaired) electrons. The molecule has 0 spiro atoms. The molecular formula is C7H11NO10S3. The molecule has 0 unspecified atom stereocenters. The Morgan fingerprint density at radius 2 is 1.52 bits per heavy atom. The Hall–Kier alpha value is -1.22. The van der Waals surface area contributed by atoms with Crippen LogP contribution in [0.1, 0.15) is 26.2 Å². The van der Waals surface area contributed by atoms with E-state index in [4.69, 9.17) is 9.11 Å². The van der Waals surface area contributed by atoms with E-state index in [0.717, 1.165) is 0 Å². The van der Waals surface area contributed by atoms with Crippen molar-refractivity contribution < 1.29 is 45.2 Å². The maximum absolute atomic E-state index is 10.9. The van der Waals surface area contributed by atoms with Gasteiger partial charge in [0.25, 0.3) is 11.8 Å². The van der Waals surface area contributed by atoms with Crippen LogP contribution in [-0.4, -0.2) is 48.8 Å². The third-order valence-electron chi connectivity index (χ3n) is 1.66. The maximum atomic E-state index is 10.9. The molecule has 0 aromatic heterocycles. The highest BCUT2D eigenvalue weighted by Crippen LogP contribution is 2.15. The van der Waals surface area contributed by atoms with E-state index >= 15 is 0 Å². The summed E-state index contributed by atoms with van der Waals surface area (Å²) in [7, 11) is -10.3. The zero-order chi connectivity index (χ0) is 16.8. The Morgan fingerprint density at radius 3 is 1.76 bits per heavy atom. The molecule has 0 saturated carbocycles. The van der Waals surface area contributed by atoms with Crippen LogP contribution in [0.5, 0.6) is 0 Å². The minimum atomic E-state index is -4.70. The van der Waals surface area contributed by atoms with E-state index in [1.54, 1.807) is 6.92 Å². The van der Waals surface area contributed by atoms with Crippen LogP contribution in [0.25, 0.3) is 0 Å². The number of amides is 2. The van der Waals surface area contributed by atoms with Crippen LogP contribution in [0.3, 0.4) is 0 Å². The van der Waals surface area contributed by atoms with Crippen LogP contribution >= 0.6 is 9.83 Å². The van der Waals surface area contributed by atoms with Crippen LogP contribution in [0.2, 0.25) is 0 Å². The zero-order valence-corrected chi connectivity index (χ0v) is 12.9. The third-order valence-corrected chi connectivity index (χ3v) is 6.13. The summed E-state index contributed by atoms with van der Waals surface area (Å²) in [4.78, 5) is 36.9. The third kappa shape index (κ3) is 9.35. The van der Waals surface area contributed by atoms with Crippen LogP contribution in [-0.2, 0) is 37.5 Å². The van der Waals surface area contributed by atoms with Crippen molar-refractivity contribution in [3.05, 3.63) is 0 Å². The summed E-state index contributed by atoms with van der Waals surface area (Å²) < 4.78 is 54.0. The standard InChI is InChI=1S/C7H9NO4.H2O6S3/c1-2-7(11)12-8-5(9)3-4-6(8)10;1-8(2,3)7-9(4,5)6/h2-4H2,1H3;(H,1,2,3)(H,4,5,6). The van der Waals surface area contributed by atoms with Crippen LogP contribution < -0.4 is 0 Å². The van der Waals surface area contributed by atoms with Gasteiger partial charge in [0.1, 0.15) is 0 Å². The number of hydrogen-bond donors (Lipinski definition) is 2. The topological polar surface area (TPSA) is 172 Å². The molecule has 14 heteroatoms. The highest BCUT2D eigenvalue weighted by atomic mass is 33.5. The van der Waals surface area contributed by atoms with Crippen molar-refractivity contribution in [3.63, 3.8) is 0 Å². The first-order valence-corrected chi connectivity index (χ1v) is 9.81. The van der Waals surface area contributed by atoms with Gasteiger partial charge in [-0.1, -0.05) is 6.92 Å². The Bertz CT molecular complexity index is 575. The van der Waals surface area contributed by atoms with Crippen LogP contribution in [0.4, 0.5) is 0 Å². The predicted molar refractivity (Wildman–Crippen MR) is 68.2 cm³/mol. The second-order valence-corrected chi connectivity index (χ2v) is 9.33. The number of rotatable bonds is 4. The number of nitrogens with zero attached hydrogens (tertiary/aromatic N) is 1. The summed E-state index contributed by atoms with van der Waals surface area (Å²) in [5, 5.41) is 0.547. The molecule has 0 aromatic carbocycles. The molecule has 0 aliphatic carbocycles. The molecule has 122 valence electrons. The quantitative estimate of drug-likeness (QED) is 0.367. The zero-order valence-electron chi connectivity index (χ0n) is 10.5. The van der Waals surface area contributed by atoms with Crippen molar-refractivity contribution in [2.75, 3.05) is 0 Å². The molecule has 21 heavy (non-hydrogen) atoms. The van der Waals surface area contributed by atoms with Gasteiger partial charge < -0.3 is 4.84 Å². The number of imide groups is 1. The van der Waals surface area contributed by atoms with Crippen molar-refractivity contribution in [2.45, 2.75) is 26.2 Å². The smallest absolute Gasteiger partial charge is 0.330 e. The highest BCUT2D eigenvalue weighted by molar-refractivity contribution is 9.02. The number of carbonyl (C=O) groups excluding carboxylic acids is 3. The fourth-order valence-electron chi connectivity index (χ4n) is 0.933.